The number of rotatable bonds is 9. The van der Waals surface area contributed by atoms with Crippen LogP contribution < -0.4 is 0 Å². The average molecular weight is 307 g/mol. The Kier molecular flexibility index (Phi) is 7.36. The first-order chi connectivity index (χ1) is 11.3. The summed E-state index contributed by atoms with van der Waals surface area (Å²) in [5.41, 5.74) is 4.20. The second kappa shape index (κ2) is 9.82. The van der Waals surface area contributed by atoms with Crippen LogP contribution in [0.2, 0.25) is 0 Å². The van der Waals surface area contributed by atoms with E-state index >= 15 is 0 Å². The van der Waals surface area contributed by atoms with Gasteiger partial charge in [0.2, 0.25) is 0 Å². The predicted molar refractivity (Wildman–Crippen MR) is 95.1 cm³/mol. The van der Waals surface area contributed by atoms with Gasteiger partial charge in [0.25, 0.3) is 0 Å². The number of aliphatic hydroxyl groups excluding tert-OH is 1. The smallest absolute Gasteiger partial charge is 0.0998 e. The first-order valence-electron chi connectivity index (χ1n) is 8.54. The molecule has 2 aromatic rings. The van der Waals surface area contributed by atoms with Crippen molar-refractivity contribution < 1.29 is 5.11 Å². The maximum atomic E-state index is 9.19. The van der Waals surface area contributed by atoms with E-state index in [1.165, 1.54) is 31.2 Å². The molecule has 0 heterocycles. The van der Waals surface area contributed by atoms with Gasteiger partial charge in [0.1, 0.15) is 0 Å². The Balaban J connectivity index is 1.82. The van der Waals surface area contributed by atoms with Crippen molar-refractivity contribution in [3.8, 4) is 17.2 Å². The summed E-state index contributed by atoms with van der Waals surface area (Å²) in [6.07, 6.45) is 8.14. The molecule has 0 amide bonds. The van der Waals surface area contributed by atoms with Gasteiger partial charge in [-0.05, 0) is 42.0 Å². The van der Waals surface area contributed by atoms with Crippen molar-refractivity contribution in [3.05, 3.63) is 59.7 Å². The van der Waals surface area contributed by atoms with E-state index in [9.17, 15) is 5.26 Å². The lowest BCUT2D eigenvalue weighted by molar-refractivity contribution is 0.282. The Morgan fingerprint density at radius 3 is 2.13 bits per heavy atom. The topological polar surface area (TPSA) is 44.0 Å². The molecule has 2 nitrogen and oxygen atoms in total. The summed E-state index contributed by atoms with van der Waals surface area (Å²) in [5.74, 6) is 0. The van der Waals surface area contributed by atoms with E-state index in [-0.39, 0.29) is 0 Å². The molecule has 0 bridgehead atoms. The van der Waals surface area contributed by atoms with Crippen LogP contribution in [-0.2, 0) is 6.42 Å². The molecule has 0 unspecified atom stereocenters. The van der Waals surface area contributed by atoms with Gasteiger partial charge in [-0.25, -0.2) is 0 Å². The van der Waals surface area contributed by atoms with Crippen molar-refractivity contribution in [2.24, 2.45) is 0 Å². The van der Waals surface area contributed by atoms with Crippen molar-refractivity contribution in [1.82, 2.24) is 0 Å². The van der Waals surface area contributed by atoms with Crippen LogP contribution in [0, 0.1) is 11.3 Å². The Labute approximate surface area is 139 Å². The van der Waals surface area contributed by atoms with Gasteiger partial charge in [-0.3, -0.25) is 0 Å². The van der Waals surface area contributed by atoms with Gasteiger partial charge in [-0.2, -0.15) is 5.26 Å². The molecule has 0 atom stereocenters. The first-order valence-corrected chi connectivity index (χ1v) is 8.54. The third kappa shape index (κ3) is 5.54. The van der Waals surface area contributed by atoms with E-state index in [0.29, 0.717) is 6.61 Å². The number of hydrogen-bond donors (Lipinski definition) is 1. The van der Waals surface area contributed by atoms with Gasteiger partial charge in [-0.15, -0.1) is 0 Å². The third-order valence-electron chi connectivity index (χ3n) is 4.19. The predicted octanol–water partition coefficient (Wildman–Crippen LogP) is 5.10. The minimum Gasteiger partial charge on any atom is -0.396 e. The molecule has 2 aromatic carbocycles. The maximum absolute atomic E-state index is 9.19. The molecule has 1 N–H and O–H groups in total. The zero-order valence-electron chi connectivity index (χ0n) is 13.7. The molecule has 0 aromatic heterocycles. The number of aliphatic hydroxyl groups is 1. The van der Waals surface area contributed by atoms with Crippen molar-refractivity contribution in [2.75, 3.05) is 6.61 Å². The van der Waals surface area contributed by atoms with Crippen LogP contribution in [0.5, 0.6) is 0 Å². The Hall–Kier alpha value is -2.11. The summed E-state index contributed by atoms with van der Waals surface area (Å²) >= 11 is 0. The molecule has 23 heavy (non-hydrogen) atoms. The Morgan fingerprint density at radius 2 is 1.43 bits per heavy atom. The Bertz CT molecular complexity index is 625. The molecule has 0 aliphatic rings. The highest BCUT2D eigenvalue weighted by Gasteiger charge is 2.03. The van der Waals surface area contributed by atoms with E-state index in [1.807, 2.05) is 24.3 Å². The number of unbranched alkanes of at least 4 members (excludes halogenated alkanes) is 5. The number of hydrogen-bond acceptors (Lipinski definition) is 2. The lowest BCUT2D eigenvalue weighted by atomic mass is 9.98. The van der Waals surface area contributed by atoms with Crippen molar-refractivity contribution in [2.45, 2.75) is 44.9 Å². The van der Waals surface area contributed by atoms with E-state index in [1.54, 1.807) is 0 Å². The Morgan fingerprint density at radius 1 is 0.783 bits per heavy atom. The van der Waals surface area contributed by atoms with Crippen LogP contribution in [0.1, 0.15) is 49.7 Å². The van der Waals surface area contributed by atoms with Crippen LogP contribution in [0.25, 0.3) is 11.1 Å². The molecule has 2 heteroatoms. The third-order valence-corrected chi connectivity index (χ3v) is 4.19. The summed E-state index contributed by atoms with van der Waals surface area (Å²) in [4.78, 5) is 0. The summed E-state index contributed by atoms with van der Waals surface area (Å²) in [6.45, 7) is 0.321. The second-order valence-corrected chi connectivity index (χ2v) is 5.95. The van der Waals surface area contributed by atoms with Crippen molar-refractivity contribution >= 4 is 0 Å². The molecular formula is C21H25NO. The van der Waals surface area contributed by atoms with Crippen LogP contribution in [0.15, 0.2) is 48.5 Å². The monoisotopic (exact) mass is 307 g/mol. The molecular weight excluding hydrogens is 282 g/mol. The fraction of sp³-hybridized carbons (Fsp3) is 0.381. The zero-order valence-corrected chi connectivity index (χ0v) is 13.7. The minimum absolute atomic E-state index is 0.321. The number of aryl methyl sites for hydroxylation is 1. The molecule has 0 aliphatic carbocycles. The molecule has 2 rings (SSSR count). The average Bonchev–Trinajstić information content (AvgIpc) is 2.61. The fourth-order valence-electron chi connectivity index (χ4n) is 2.83. The second-order valence-electron chi connectivity index (χ2n) is 5.95. The van der Waals surface area contributed by atoms with Gasteiger partial charge >= 0.3 is 0 Å². The van der Waals surface area contributed by atoms with E-state index in [4.69, 9.17) is 5.11 Å². The van der Waals surface area contributed by atoms with E-state index in [2.05, 4.69) is 30.3 Å². The van der Waals surface area contributed by atoms with Crippen LogP contribution >= 0.6 is 0 Å². The van der Waals surface area contributed by atoms with Crippen molar-refractivity contribution in [3.63, 3.8) is 0 Å². The minimum atomic E-state index is 0.321. The maximum Gasteiger partial charge on any atom is 0.0998 e. The van der Waals surface area contributed by atoms with Gasteiger partial charge < -0.3 is 5.11 Å². The highest BCUT2D eigenvalue weighted by Crippen LogP contribution is 2.24. The fourth-order valence-corrected chi connectivity index (χ4v) is 2.83. The van der Waals surface area contributed by atoms with Crippen LogP contribution in [0.3, 0.4) is 0 Å². The highest BCUT2D eigenvalue weighted by molar-refractivity contribution is 5.70. The SMILES string of the molecule is N#Cc1ccccc1-c1ccc(CCCCCCCCO)cc1. The molecule has 0 saturated heterocycles. The van der Waals surface area contributed by atoms with E-state index < -0.39 is 0 Å². The van der Waals surface area contributed by atoms with Gasteiger partial charge in [0.15, 0.2) is 0 Å². The number of nitrogens with zero attached hydrogens (tertiary/aromatic N) is 1. The molecule has 0 aliphatic heterocycles. The van der Waals surface area contributed by atoms with Crippen molar-refractivity contribution in [1.29, 1.82) is 5.26 Å². The quantitative estimate of drug-likeness (QED) is 0.655. The molecule has 0 spiro atoms. The van der Waals surface area contributed by atoms with Crippen LogP contribution in [-0.4, -0.2) is 11.7 Å². The molecule has 0 saturated carbocycles. The molecule has 0 radical (unpaired) electrons. The number of nitriles is 1. The van der Waals surface area contributed by atoms with E-state index in [0.717, 1.165) is 36.0 Å². The summed E-state index contributed by atoms with van der Waals surface area (Å²) in [7, 11) is 0. The van der Waals surface area contributed by atoms with Crippen LogP contribution in [0.4, 0.5) is 0 Å². The lowest BCUT2D eigenvalue weighted by Gasteiger charge is -2.06. The molecule has 0 fully saturated rings. The van der Waals surface area contributed by atoms with Gasteiger partial charge in [-0.1, -0.05) is 68.1 Å². The number of benzene rings is 2. The highest BCUT2D eigenvalue weighted by atomic mass is 16.2. The normalized spacial score (nSPS) is 10.4. The van der Waals surface area contributed by atoms with Gasteiger partial charge in [0, 0.05) is 6.61 Å². The lowest BCUT2D eigenvalue weighted by Crippen LogP contribution is -1.89. The summed E-state index contributed by atoms with van der Waals surface area (Å²) < 4.78 is 0. The first kappa shape index (κ1) is 17.2. The largest absolute Gasteiger partial charge is 0.396 e. The standard InChI is InChI=1S/C21H25NO/c22-17-20-10-6-7-11-21(20)19-14-12-18(13-15-19)9-5-3-1-2-4-8-16-23/h6-7,10-15,23H,1-5,8-9,16H2. The summed E-state index contributed by atoms with van der Waals surface area (Å²) in [6, 6.07) is 18.6. The summed E-state index contributed by atoms with van der Waals surface area (Å²) in [5, 5.41) is 17.9. The zero-order chi connectivity index (χ0) is 16.3. The molecule has 120 valence electrons. The van der Waals surface area contributed by atoms with Gasteiger partial charge in [0.05, 0.1) is 11.6 Å².